The standard InChI is InChI=1S/C14H16F3N3O/c1-8(2)7-11-12(19-20-13(11)18)9-3-5-10(6-4-9)21-14(15,16)17/h3-6,8H,7H2,1-2H3,(H3,18,19,20). The lowest BCUT2D eigenvalue weighted by Crippen LogP contribution is -2.16. The Labute approximate surface area is 120 Å². The zero-order chi connectivity index (χ0) is 15.6. The van der Waals surface area contributed by atoms with Crippen molar-refractivity contribution >= 4 is 5.82 Å². The van der Waals surface area contributed by atoms with Crippen molar-refractivity contribution in [2.24, 2.45) is 5.92 Å². The van der Waals surface area contributed by atoms with E-state index in [0.717, 1.165) is 17.7 Å². The molecule has 0 saturated heterocycles. The van der Waals surface area contributed by atoms with Gasteiger partial charge < -0.3 is 10.5 Å². The highest BCUT2D eigenvalue weighted by Gasteiger charge is 2.31. The summed E-state index contributed by atoms with van der Waals surface area (Å²) in [6.45, 7) is 4.10. The first-order valence-corrected chi connectivity index (χ1v) is 6.45. The molecular formula is C14H16F3N3O. The number of nitrogens with zero attached hydrogens (tertiary/aromatic N) is 1. The van der Waals surface area contributed by atoms with Crippen LogP contribution in [0.15, 0.2) is 24.3 Å². The molecule has 0 bridgehead atoms. The van der Waals surface area contributed by atoms with Gasteiger partial charge in [0.05, 0.1) is 5.69 Å². The van der Waals surface area contributed by atoms with E-state index < -0.39 is 6.36 Å². The fourth-order valence-corrected chi connectivity index (χ4v) is 2.06. The SMILES string of the molecule is CC(C)Cc1c(N)n[nH]c1-c1ccc(OC(F)(F)F)cc1. The lowest BCUT2D eigenvalue weighted by Gasteiger charge is -2.10. The Morgan fingerprint density at radius 3 is 2.38 bits per heavy atom. The van der Waals surface area contributed by atoms with Gasteiger partial charge in [-0.25, -0.2) is 0 Å². The number of hydrogen-bond donors (Lipinski definition) is 2. The highest BCUT2D eigenvalue weighted by Crippen LogP contribution is 2.30. The van der Waals surface area contributed by atoms with E-state index in [-0.39, 0.29) is 5.75 Å². The van der Waals surface area contributed by atoms with E-state index >= 15 is 0 Å². The zero-order valence-electron chi connectivity index (χ0n) is 11.7. The van der Waals surface area contributed by atoms with Gasteiger partial charge >= 0.3 is 6.36 Å². The fourth-order valence-electron chi connectivity index (χ4n) is 2.06. The van der Waals surface area contributed by atoms with Crippen LogP contribution in [-0.2, 0) is 6.42 Å². The number of nitrogens with two attached hydrogens (primary N) is 1. The summed E-state index contributed by atoms with van der Waals surface area (Å²) in [5.74, 6) is 0.537. The average molecular weight is 299 g/mol. The van der Waals surface area contributed by atoms with Crippen molar-refractivity contribution in [2.45, 2.75) is 26.6 Å². The summed E-state index contributed by atoms with van der Waals surface area (Å²) < 4.78 is 40.2. The number of anilines is 1. The maximum Gasteiger partial charge on any atom is 0.573 e. The smallest absolute Gasteiger partial charge is 0.406 e. The van der Waals surface area contributed by atoms with Gasteiger partial charge in [-0.2, -0.15) is 5.10 Å². The van der Waals surface area contributed by atoms with Gasteiger partial charge in [0.25, 0.3) is 0 Å². The van der Waals surface area contributed by atoms with Crippen LogP contribution in [0, 0.1) is 5.92 Å². The van der Waals surface area contributed by atoms with E-state index in [1.54, 1.807) is 0 Å². The van der Waals surface area contributed by atoms with E-state index in [1.807, 2.05) is 0 Å². The third kappa shape index (κ3) is 3.90. The number of aromatic nitrogens is 2. The highest BCUT2D eigenvalue weighted by atomic mass is 19.4. The minimum absolute atomic E-state index is 0.260. The Morgan fingerprint density at radius 1 is 1.24 bits per heavy atom. The second-order valence-corrected chi connectivity index (χ2v) is 5.13. The van der Waals surface area contributed by atoms with Crippen molar-refractivity contribution < 1.29 is 17.9 Å². The summed E-state index contributed by atoms with van der Waals surface area (Å²) in [5.41, 5.74) is 8.13. The second-order valence-electron chi connectivity index (χ2n) is 5.13. The van der Waals surface area contributed by atoms with Crippen molar-refractivity contribution in [3.63, 3.8) is 0 Å². The molecule has 2 aromatic rings. The number of hydrogen-bond acceptors (Lipinski definition) is 3. The summed E-state index contributed by atoms with van der Waals surface area (Å²) in [4.78, 5) is 0. The molecule has 0 saturated carbocycles. The average Bonchev–Trinajstić information content (AvgIpc) is 2.70. The van der Waals surface area contributed by atoms with Crippen molar-refractivity contribution in [1.29, 1.82) is 0 Å². The molecule has 1 aromatic carbocycles. The number of benzene rings is 1. The molecule has 4 nitrogen and oxygen atoms in total. The molecule has 2 rings (SSSR count). The van der Waals surface area contributed by atoms with E-state index in [0.29, 0.717) is 17.3 Å². The minimum Gasteiger partial charge on any atom is -0.406 e. The van der Waals surface area contributed by atoms with Gasteiger partial charge in [0.2, 0.25) is 0 Å². The molecule has 114 valence electrons. The van der Waals surface area contributed by atoms with Crippen molar-refractivity contribution in [1.82, 2.24) is 10.2 Å². The second kappa shape index (κ2) is 5.67. The lowest BCUT2D eigenvalue weighted by atomic mass is 9.99. The number of rotatable bonds is 4. The molecule has 0 fully saturated rings. The summed E-state index contributed by atoms with van der Waals surface area (Å²) in [6, 6.07) is 5.60. The first kappa shape index (κ1) is 15.2. The number of aromatic amines is 1. The zero-order valence-corrected chi connectivity index (χ0v) is 11.7. The topological polar surface area (TPSA) is 63.9 Å². The fraction of sp³-hybridized carbons (Fsp3) is 0.357. The third-order valence-corrected chi connectivity index (χ3v) is 2.89. The van der Waals surface area contributed by atoms with Gasteiger partial charge in [-0.3, -0.25) is 5.10 Å². The molecule has 1 aromatic heterocycles. The van der Waals surface area contributed by atoms with Gasteiger partial charge in [0.15, 0.2) is 0 Å². The minimum atomic E-state index is -4.69. The van der Waals surface area contributed by atoms with E-state index in [9.17, 15) is 13.2 Å². The summed E-state index contributed by atoms with van der Waals surface area (Å²) in [6.07, 6.45) is -3.96. The number of H-pyrrole nitrogens is 1. The van der Waals surface area contributed by atoms with Gasteiger partial charge in [-0.15, -0.1) is 13.2 Å². The summed E-state index contributed by atoms with van der Waals surface area (Å²) in [5, 5.41) is 6.79. The van der Waals surface area contributed by atoms with Crippen LogP contribution in [0.2, 0.25) is 0 Å². The van der Waals surface area contributed by atoms with Crippen LogP contribution in [0.5, 0.6) is 5.75 Å². The Balaban J connectivity index is 2.27. The van der Waals surface area contributed by atoms with Gasteiger partial charge in [-0.1, -0.05) is 13.8 Å². The van der Waals surface area contributed by atoms with Crippen LogP contribution in [-0.4, -0.2) is 16.6 Å². The molecule has 0 aliphatic carbocycles. The number of halogens is 3. The van der Waals surface area contributed by atoms with Crippen LogP contribution in [0.25, 0.3) is 11.3 Å². The molecule has 0 spiro atoms. The molecule has 3 N–H and O–H groups in total. The normalized spacial score (nSPS) is 11.9. The molecule has 0 radical (unpaired) electrons. The Kier molecular flexibility index (Phi) is 4.11. The van der Waals surface area contributed by atoms with Crippen LogP contribution in [0.3, 0.4) is 0 Å². The molecular weight excluding hydrogens is 283 g/mol. The first-order valence-electron chi connectivity index (χ1n) is 6.45. The largest absolute Gasteiger partial charge is 0.573 e. The maximum atomic E-state index is 12.1. The number of nitrogen functional groups attached to an aromatic ring is 1. The van der Waals surface area contributed by atoms with E-state index in [1.165, 1.54) is 24.3 Å². The van der Waals surface area contributed by atoms with Crippen LogP contribution in [0.1, 0.15) is 19.4 Å². The van der Waals surface area contributed by atoms with Crippen molar-refractivity contribution in [2.75, 3.05) is 5.73 Å². The lowest BCUT2D eigenvalue weighted by molar-refractivity contribution is -0.274. The highest BCUT2D eigenvalue weighted by molar-refractivity contribution is 5.68. The number of alkyl halides is 3. The summed E-state index contributed by atoms with van der Waals surface area (Å²) >= 11 is 0. The Bertz CT molecular complexity index is 603. The quantitative estimate of drug-likeness (QED) is 0.903. The van der Waals surface area contributed by atoms with Crippen molar-refractivity contribution in [3.05, 3.63) is 29.8 Å². The predicted molar refractivity (Wildman–Crippen MR) is 73.7 cm³/mol. The Hall–Kier alpha value is -2.18. The molecule has 0 amide bonds. The monoisotopic (exact) mass is 299 g/mol. The van der Waals surface area contributed by atoms with Crippen LogP contribution < -0.4 is 10.5 Å². The Morgan fingerprint density at radius 2 is 1.86 bits per heavy atom. The van der Waals surface area contributed by atoms with Crippen molar-refractivity contribution in [3.8, 4) is 17.0 Å². The third-order valence-electron chi connectivity index (χ3n) is 2.89. The predicted octanol–water partition coefficient (Wildman–Crippen LogP) is 3.76. The molecule has 0 atom stereocenters. The van der Waals surface area contributed by atoms with Crippen LogP contribution >= 0.6 is 0 Å². The van der Waals surface area contributed by atoms with Gasteiger partial charge in [0, 0.05) is 11.1 Å². The number of ether oxygens (including phenoxy) is 1. The van der Waals surface area contributed by atoms with Gasteiger partial charge in [0.1, 0.15) is 11.6 Å². The molecule has 0 unspecified atom stereocenters. The molecule has 1 heterocycles. The molecule has 7 heteroatoms. The molecule has 0 aliphatic heterocycles. The summed E-state index contributed by atoms with van der Waals surface area (Å²) in [7, 11) is 0. The first-order chi connectivity index (χ1) is 9.76. The molecule has 21 heavy (non-hydrogen) atoms. The molecule has 0 aliphatic rings. The number of nitrogens with one attached hydrogen (secondary N) is 1. The van der Waals surface area contributed by atoms with E-state index in [4.69, 9.17) is 5.73 Å². The maximum absolute atomic E-state index is 12.1. The van der Waals surface area contributed by atoms with Crippen LogP contribution in [0.4, 0.5) is 19.0 Å². The van der Waals surface area contributed by atoms with E-state index in [2.05, 4.69) is 28.8 Å². The van der Waals surface area contributed by atoms with Gasteiger partial charge in [-0.05, 0) is 36.6 Å².